The highest BCUT2D eigenvalue weighted by atomic mass is 79.9. The van der Waals surface area contributed by atoms with Crippen LogP contribution in [0.5, 0.6) is 5.75 Å². The first-order valence-electron chi connectivity index (χ1n) is 8.51. The summed E-state index contributed by atoms with van der Waals surface area (Å²) in [6.45, 7) is 1.57. The van der Waals surface area contributed by atoms with Crippen molar-refractivity contribution in [3.05, 3.63) is 27.7 Å². The number of nitrogens with zero attached hydrogens (tertiary/aromatic N) is 2. The molecule has 1 fully saturated rings. The highest BCUT2D eigenvalue weighted by Gasteiger charge is 2.23. The van der Waals surface area contributed by atoms with E-state index < -0.39 is 0 Å². The Morgan fingerprint density at radius 1 is 1.38 bits per heavy atom. The van der Waals surface area contributed by atoms with Crippen molar-refractivity contribution in [2.75, 3.05) is 19.7 Å². The number of piperidine rings is 1. The van der Waals surface area contributed by atoms with Crippen LogP contribution >= 0.6 is 27.5 Å². The highest BCUT2D eigenvalue weighted by Crippen LogP contribution is 2.27. The number of hydrogen-bond donors (Lipinski definition) is 1. The molecule has 1 aromatic rings. The Bertz CT molecular complexity index is 685. The van der Waals surface area contributed by atoms with Crippen molar-refractivity contribution in [1.82, 2.24) is 10.2 Å². The van der Waals surface area contributed by atoms with Gasteiger partial charge < -0.3 is 15.0 Å². The molecule has 1 aliphatic rings. The van der Waals surface area contributed by atoms with Crippen molar-refractivity contribution in [2.45, 2.75) is 38.1 Å². The number of benzene rings is 1. The van der Waals surface area contributed by atoms with Gasteiger partial charge in [0.15, 0.2) is 0 Å². The van der Waals surface area contributed by atoms with Crippen LogP contribution in [-0.2, 0) is 9.59 Å². The zero-order chi connectivity index (χ0) is 18.9. The molecule has 1 aromatic carbocycles. The van der Waals surface area contributed by atoms with E-state index in [1.807, 2.05) is 12.1 Å². The van der Waals surface area contributed by atoms with Crippen molar-refractivity contribution < 1.29 is 14.3 Å². The largest absolute Gasteiger partial charge is 0.492 e. The maximum atomic E-state index is 12.0. The molecule has 0 bridgehead atoms. The van der Waals surface area contributed by atoms with Crippen LogP contribution in [0.1, 0.15) is 32.1 Å². The lowest BCUT2D eigenvalue weighted by Gasteiger charge is -2.32. The van der Waals surface area contributed by atoms with Gasteiger partial charge in [-0.15, -0.1) is 0 Å². The van der Waals surface area contributed by atoms with Gasteiger partial charge in [-0.1, -0.05) is 27.5 Å². The minimum absolute atomic E-state index is 0.0164. The summed E-state index contributed by atoms with van der Waals surface area (Å²) in [4.78, 5) is 25.4. The minimum Gasteiger partial charge on any atom is -0.492 e. The molecule has 0 atom stereocenters. The predicted octanol–water partition coefficient (Wildman–Crippen LogP) is 3.28. The fourth-order valence-corrected chi connectivity index (χ4v) is 3.49. The molecule has 0 unspecified atom stereocenters. The van der Waals surface area contributed by atoms with E-state index in [1.165, 1.54) is 0 Å². The second-order valence-corrected chi connectivity index (χ2v) is 7.41. The summed E-state index contributed by atoms with van der Waals surface area (Å²) in [5, 5.41) is 12.1. The second-order valence-electron chi connectivity index (χ2n) is 6.08. The number of nitrogens with one attached hydrogen (secondary N) is 1. The molecule has 0 saturated carbocycles. The lowest BCUT2D eigenvalue weighted by Crippen LogP contribution is -2.46. The van der Waals surface area contributed by atoms with E-state index in [4.69, 9.17) is 21.6 Å². The Balaban J connectivity index is 1.62. The molecule has 8 heteroatoms. The monoisotopic (exact) mass is 441 g/mol. The molecule has 26 heavy (non-hydrogen) atoms. The molecule has 2 amide bonds. The van der Waals surface area contributed by atoms with Crippen LogP contribution < -0.4 is 10.1 Å². The quantitative estimate of drug-likeness (QED) is 0.657. The third-order valence-electron chi connectivity index (χ3n) is 4.14. The molecule has 1 heterocycles. The first-order valence-corrected chi connectivity index (χ1v) is 9.68. The van der Waals surface area contributed by atoms with Crippen molar-refractivity contribution >= 4 is 39.3 Å². The summed E-state index contributed by atoms with van der Waals surface area (Å²) in [5.74, 6) is 0.447. The average molecular weight is 443 g/mol. The smallest absolute Gasteiger partial charge is 0.236 e. The molecule has 1 saturated heterocycles. The van der Waals surface area contributed by atoms with Gasteiger partial charge in [0.25, 0.3) is 0 Å². The van der Waals surface area contributed by atoms with Crippen LogP contribution in [0, 0.1) is 11.3 Å². The number of carbonyl (C=O) groups is 2. The minimum atomic E-state index is -0.138. The van der Waals surface area contributed by atoms with Gasteiger partial charge in [0.1, 0.15) is 12.2 Å². The standard InChI is InChI=1S/C18H21BrClN3O3/c19-13-3-4-16(15(20)12-13)26-11-1-2-17(24)22-14-6-9-23(10-7-14)18(25)5-8-21/h3-4,12,14H,1-2,5-7,9-11H2,(H,22,24). The van der Waals surface area contributed by atoms with E-state index in [1.54, 1.807) is 17.0 Å². The van der Waals surface area contributed by atoms with E-state index in [0.717, 1.165) is 4.47 Å². The van der Waals surface area contributed by atoms with Crippen molar-refractivity contribution in [1.29, 1.82) is 5.26 Å². The van der Waals surface area contributed by atoms with E-state index in [-0.39, 0.29) is 24.3 Å². The lowest BCUT2D eigenvalue weighted by atomic mass is 10.0. The maximum Gasteiger partial charge on any atom is 0.236 e. The van der Waals surface area contributed by atoms with Gasteiger partial charge in [0.05, 0.1) is 17.7 Å². The van der Waals surface area contributed by atoms with E-state index in [9.17, 15) is 9.59 Å². The van der Waals surface area contributed by atoms with Gasteiger partial charge in [-0.25, -0.2) is 0 Å². The molecule has 0 aliphatic carbocycles. The Kier molecular flexibility index (Phi) is 8.20. The molecular formula is C18H21BrClN3O3. The van der Waals surface area contributed by atoms with Gasteiger partial charge in [-0.2, -0.15) is 5.26 Å². The maximum absolute atomic E-state index is 12.0. The molecule has 0 radical (unpaired) electrons. The summed E-state index contributed by atoms with van der Waals surface area (Å²) in [7, 11) is 0. The second kappa shape index (κ2) is 10.4. The van der Waals surface area contributed by atoms with Crippen molar-refractivity contribution in [3.8, 4) is 11.8 Å². The summed E-state index contributed by atoms with van der Waals surface area (Å²) in [5.41, 5.74) is 0. The number of amides is 2. The Morgan fingerprint density at radius 3 is 2.77 bits per heavy atom. The zero-order valence-electron chi connectivity index (χ0n) is 14.3. The van der Waals surface area contributed by atoms with Crippen LogP contribution in [0.3, 0.4) is 0 Å². The summed E-state index contributed by atoms with van der Waals surface area (Å²) < 4.78 is 6.48. The summed E-state index contributed by atoms with van der Waals surface area (Å²) >= 11 is 9.41. The van der Waals surface area contributed by atoms with Gasteiger partial charge >= 0.3 is 0 Å². The highest BCUT2D eigenvalue weighted by molar-refractivity contribution is 9.10. The molecule has 0 aromatic heterocycles. The van der Waals surface area contributed by atoms with Crippen molar-refractivity contribution in [3.63, 3.8) is 0 Å². The number of carbonyl (C=O) groups excluding carboxylic acids is 2. The van der Waals surface area contributed by atoms with Crippen LogP contribution in [0.15, 0.2) is 22.7 Å². The fourth-order valence-electron chi connectivity index (χ4n) is 2.76. The first-order chi connectivity index (χ1) is 12.5. The first kappa shape index (κ1) is 20.5. The number of ether oxygens (including phenoxy) is 1. The zero-order valence-corrected chi connectivity index (χ0v) is 16.7. The van der Waals surface area contributed by atoms with Gasteiger partial charge in [-0.3, -0.25) is 9.59 Å². The molecule has 0 spiro atoms. The summed E-state index contributed by atoms with van der Waals surface area (Å²) in [6.07, 6.45) is 2.32. The van der Waals surface area contributed by atoms with Gasteiger partial charge in [0.2, 0.25) is 11.8 Å². The molecule has 140 valence electrons. The Labute approximate surface area is 166 Å². The van der Waals surface area contributed by atoms with Crippen LogP contribution in [0.25, 0.3) is 0 Å². The number of nitriles is 1. The van der Waals surface area contributed by atoms with Crippen LogP contribution in [0.2, 0.25) is 5.02 Å². The van der Waals surface area contributed by atoms with Crippen LogP contribution in [0.4, 0.5) is 0 Å². The van der Waals surface area contributed by atoms with E-state index in [2.05, 4.69) is 21.2 Å². The molecule has 6 nitrogen and oxygen atoms in total. The Morgan fingerprint density at radius 2 is 2.12 bits per heavy atom. The molecular weight excluding hydrogens is 422 g/mol. The number of rotatable bonds is 7. The van der Waals surface area contributed by atoms with Gasteiger partial charge in [0, 0.05) is 30.0 Å². The molecule has 1 N–H and O–H groups in total. The third-order valence-corrected chi connectivity index (χ3v) is 4.93. The fraction of sp³-hybridized carbons (Fsp3) is 0.500. The van der Waals surface area contributed by atoms with Crippen molar-refractivity contribution in [2.24, 2.45) is 0 Å². The predicted molar refractivity (Wildman–Crippen MR) is 102 cm³/mol. The number of likely N-dealkylation sites (tertiary alicyclic amines) is 1. The third kappa shape index (κ3) is 6.50. The van der Waals surface area contributed by atoms with Crippen LogP contribution in [-0.4, -0.2) is 42.5 Å². The topological polar surface area (TPSA) is 82.4 Å². The summed E-state index contributed by atoms with van der Waals surface area (Å²) in [6, 6.07) is 7.35. The number of hydrogen-bond acceptors (Lipinski definition) is 4. The van der Waals surface area contributed by atoms with E-state index >= 15 is 0 Å². The average Bonchev–Trinajstić information content (AvgIpc) is 2.61. The molecule has 1 aliphatic heterocycles. The number of halogens is 2. The Hall–Kier alpha value is -1.78. The van der Waals surface area contributed by atoms with Gasteiger partial charge in [-0.05, 0) is 37.5 Å². The lowest BCUT2D eigenvalue weighted by molar-refractivity contribution is -0.131. The molecule has 2 rings (SSSR count). The normalized spacial score (nSPS) is 14.6. The van der Waals surface area contributed by atoms with E-state index in [0.29, 0.717) is 56.2 Å². The SMILES string of the molecule is N#CCC(=O)N1CCC(NC(=O)CCCOc2ccc(Br)cc2Cl)CC1.